The van der Waals surface area contributed by atoms with Crippen molar-refractivity contribution in [1.29, 1.82) is 0 Å². The zero-order valence-corrected chi connectivity index (χ0v) is 19.0. The lowest BCUT2D eigenvalue weighted by Crippen LogP contribution is -2.42. The number of aromatic nitrogens is 2. The van der Waals surface area contributed by atoms with E-state index in [1.54, 1.807) is 7.11 Å². The molecule has 0 aliphatic carbocycles. The highest BCUT2D eigenvalue weighted by molar-refractivity contribution is 5.96. The molecular formula is C25H31N5O2. The number of hydrogen-bond acceptors (Lipinski definition) is 5. The molecular weight excluding hydrogens is 402 g/mol. The van der Waals surface area contributed by atoms with E-state index >= 15 is 0 Å². The highest BCUT2D eigenvalue weighted by Gasteiger charge is 2.23. The van der Waals surface area contributed by atoms with Crippen molar-refractivity contribution in [2.45, 2.75) is 25.3 Å². The third-order valence-corrected chi connectivity index (χ3v) is 6.16. The molecule has 1 fully saturated rings. The Balaban J connectivity index is 1.54. The van der Waals surface area contributed by atoms with Gasteiger partial charge in [-0.3, -0.25) is 9.89 Å². The first kappa shape index (κ1) is 21.9. The van der Waals surface area contributed by atoms with Crippen LogP contribution in [0.3, 0.4) is 0 Å². The van der Waals surface area contributed by atoms with Crippen molar-refractivity contribution in [3.05, 3.63) is 60.4 Å². The molecule has 7 heteroatoms. The van der Waals surface area contributed by atoms with Crippen LogP contribution in [0.25, 0.3) is 11.1 Å². The van der Waals surface area contributed by atoms with Gasteiger partial charge in [0.15, 0.2) is 0 Å². The summed E-state index contributed by atoms with van der Waals surface area (Å²) >= 11 is 0. The zero-order valence-electron chi connectivity index (χ0n) is 19.0. The molecule has 2 N–H and O–H groups in total. The van der Waals surface area contributed by atoms with Crippen LogP contribution in [0.5, 0.6) is 5.75 Å². The van der Waals surface area contributed by atoms with Crippen LogP contribution in [0.4, 0.5) is 11.4 Å². The normalized spacial score (nSPS) is 14.6. The molecule has 1 aromatic heterocycles. The summed E-state index contributed by atoms with van der Waals surface area (Å²) in [5.74, 6) is 0.753. The number of piperidine rings is 1. The van der Waals surface area contributed by atoms with E-state index in [2.05, 4.69) is 45.5 Å². The molecule has 1 amide bonds. The van der Waals surface area contributed by atoms with E-state index in [0.29, 0.717) is 12.5 Å². The van der Waals surface area contributed by atoms with E-state index in [-0.39, 0.29) is 5.91 Å². The molecule has 7 nitrogen and oxygen atoms in total. The fourth-order valence-electron chi connectivity index (χ4n) is 4.23. The number of carbonyl (C=O) groups excluding carboxylic acids is 1. The monoisotopic (exact) mass is 433 g/mol. The summed E-state index contributed by atoms with van der Waals surface area (Å²) in [5.41, 5.74) is 4.97. The van der Waals surface area contributed by atoms with Gasteiger partial charge in [-0.25, -0.2) is 0 Å². The first-order chi connectivity index (χ1) is 15.5. The summed E-state index contributed by atoms with van der Waals surface area (Å²) in [5, 5.41) is 10.1. The summed E-state index contributed by atoms with van der Waals surface area (Å²) in [6.45, 7) is 1.91. The maximum absolute atomic E-state index is 12.8. The van der Waals surface area contributed by atoms with Crippen LogP contribution in [0.2, 0.25) is 0 Å². The second-order valence-corrected chi connectivity index (χ2v) is 8.47. The van der Waals surface area contributed by atoms with Crippen LogP contribution >= 0.6 is 0 Å². The van der Waals surface area contributed by atoms with Crippen molar-refractivity contribution < 1.29 is 9.53 Å². The minimum Gasteiger partial charge on any atom is -0.497 e. The second kappa shape index (κ2) is 9.87. The number of benzene rings is 2. The van der Waals surface area contributed by atoms with Gasteiger partial charge < -0.3 is 19.9 Å². The van der Waals surface area contributed by atoms with E-state index in [9.17, 15) is 4.79 Å². The summed E-state index contributed by atoms with van der Waals surface area (Å²) in [4.78, 5) is 17.5. The van der Waals surface area contributed by atoms with E-state index in [1.807, 2.05) is 48.8 Å². The molecule has 1 saturated heterocycles. The van der Waals surface area contributed by atoms with Crippen molar-refractivity contribution in [3.8, 4) is 16.9 Å². The lowest BCUT2D eigenvalue weighted by molar-refractivity contribution is -0.115. The number of nitrogens with one attached hydrogen (secondary N) is 2. The molecule has 0 saturated carbocycles. The van der Waals surface area contributed by atoms with Crippen molar-refractivity contribution in [2.75, 3.05) is 44.5 Å². The predicted octanol–water partition coefficient (Wildman–Crippen LogP) is 3.80. The van der Waals surface area contributed by atoms with E-state index < -0.39 is 0 Å². The Labute approximate surface area is 189 Å². The number of amides is 1. The molecule has 1 aliphatic heterocycles. The minimum atomic E-state index is -0.0318. The van der Waals surface area contributed by atoms with Crippen LogP contribution in [-0.4, -0.2) is 61.3 Å². The standard InChI is InChI=1S/C25H31N5O2/c1-29(2)21-10-12-30(13-11-21)24-15-19(20-16-26-27-17-20)6-9-23(24)28-25(31)14-18-4-7-22(32-3)8-5-18/h4-9,15-17,21H,10-14H2,1-3H3,(H,26,27)(H,28,31). The highest BCUT2D eigenvalue weighted by atomic mass is 16.5. The van der Waals surface area contributed by atoms with Crippen molar-refractivity contribution in [2.24, 2.45) is 0 Å². The predicted molar refractivity (Wildman–Crippen MR) is 128 cm³/mol. The Hall–Kier alpha value is -3.32. The topological polar surface area (TPSA) is 73.5 Å². The van der Waals surface area contributed by atoms with Gasteiger partial charge in [-0.1, -0.05) is 18.2 Å². The Morgan fingerprint density at radius 2 is 1.91 bits per heavy atom. The molecule has 168 valence electrons. The smallest absolute Gasteiger partial charge is 0.228 e. The Morgan fingerprint density at radius 1 is 1.16 bits per heavy atom. The lowest BCUT2D eigenvalue weighted by Gasteiger charge is -2.37. The summed E-state index contributed by atoms with van der Waals surface area (Å²) in [7, 11) is 5.92. The molecule has 1 aliphatic rings. The largest absolute Gasteiger partial charge is 0.497 e. The number of anilines is 2. The fourth-order valence-corrected chi connectivity index (χ4v) is 4.23. The average molecular weight is 434 g/mol. The molecule has 0 atom stereocenters. The molecule has 0 bridgehead atoms. The molecule has 0 spiro atoms. The number of H-pyrrole nitrogens is 1. The number of rotatable bonds is 7. The number of ether oxygens (including phenoxy) is 1. The molecule has 4 rings (SSSR count). The van der Waals surface area contributed by atoms with Crippen molar-refractivity contribution >= 4 is 17.3 Å². The van der Waals surface area contributed by atoms with Crippen LogP contribution in [0, 0.1) is 0 Å². The molecule has 2 heterocycles. The van der Waals surface area contributed by atoms with Gasteiger partial charge in [0.1, 0.15) is 5.75 Å². The molecule has 0 unspecified atom stereocenters. The lowest BCUT2D eigenvalue weighted by atomic mass is 10.0. The SMILES string of the molecule is COc1ccc(CC(=O)Nc2ccc(-c3cn[nH]c3)cc2N2CCC(N(C)C)CC2)cc1. The molecule has 3 aromatic rings. The number of hydrogen-bond donors (Lipinski definition) is 2. The van der Waals surface area contributed by atoms with Crippen LogP contribution in [-0.2, 0) is 11.2 Å². The van der Waals surface area contributed by atoms with E-state index in [4.69, 9.17) is 4.74 Å². The Bertz CT molecular complexity index is 1020. The maximum atomic E-state index is 12.8. The van der Waals surface area contributed by atoms with Gasteiger partial charge in [-0.15, -0.1) is 0 Å². The number of nitrogens with zero attached hydrogens (tertiary/aromatic N) is 3. The van der Waals surface area contributed by atoms with E-state index in [0.717, 1.165) is 59.7 Å². The third-order valence-electron chi connectivity index (χ3n) is 6.16. The van der Waals surface area contributed by atoms with Gasteiger partial charge in [-0.05, 0) is 62.3 Å². The van der Waals surface area contributed by atoms with Crippen molar-refractivity contribution in [3.63, 3.8) is 0 Å². The van der Waals surface area contributed by atoms with Gasteiger partial charge in [0.25, 0.3) is 0 Å². The zero-order chi connectivity index (χ0) is 22.5. The average Bonchev–Trinajstić information content (AvgIpc) is 3.35. The van der Waals surface area contributed by atoms with Gasteiger partial charge >= 0.3 is 0 Å². The maximum Gasteiger partial charge on any atom is 0.228 e. The van der Waals surface area contributed by atoms with Gasteiger partial charge in [0, 0.05) is 30.9 Å². The van der Waals surface area contributed by atoms with Crippen LogP contribution < -0.4 is 15.0 Å². The molecule has 32 heavy (non-hydrogen) atoms. The number of methoxy groups -OCH3 is 1. The second-order valence-electron chi connectivity index (χ2n) is 8.47. The Morgan fingerprint density at radius 3 is 2.53 bits per heavy atom. The quantitative estimate of drug-likeness (QED) is 0.593. The minimum absolute atomic E-state index is 0.0318. The fraction of sp³-hybridized carbons (Fsp3) is 0.360. The summed E-state index contributed by atoms with van der Waals surface area (Å²) in [6.07, 6.45) is 6.22. The van der Waals surface area contributed by atoms with Crippen molar-refractivity contribution in [1.82, 2.24) is 15.1 Å². The highest BCUT2D eigenvalue weighted by Crippen LogP contribution is 2.34. The van der Waals surface area contributed by atoms with Crippen LogP contribution in [0.15, 0.2) is 54.9 Å². The summed E-state index contributed by atoms with van der Waals surface area (Å²) in [6, 6.07) is 14.4. The summed E-state index contributed by atoms with van der Waals surface area (Å²) < 4.78 is 5.20. The molecule has 2 aromatic carbocycles. The van der Waals surface area contributed by atoms with Gasteiger partial charge in [0.2, 0.25) is 5.91 Å². The first-order valence-corrected chi connectivity index (χ1v) is 11.0. The van der Waals surface area contributed by atoms with Gasteiger partial charge in [0.05, 0.1) is 31.1 Å². The number of carbonyl (C=O) groups is 1. The van der Waals surface area contributed by atoms with E-state index in [1.165, 1.54) is 0 Å². The number of aromatic amines is 1. The first-order valence-electron chi connectivity index (χ1n) is 11.0. The Kier molecular flexibility index (Phi) is 6.75. The third kappa shape index (κ3) is 5.11. The molecule has 0 radical (unpaired) electrons. The van der Waals surface area contributed by atoms with Crippen LogP contribution in [0.1, 0.15) is 18.4 Å². The van der Waals surface area contributed by atoms with Gasteiger partial charge in [-0.2, -0.15) is 5.10 Å².